The van der Waals surface area contributed by atoms with Crippen LogP contribution in [0.1, 0.15) is 20.8 Å². The zero-order chi connectivity index (χ0) is 14.5. The summed E-state index contributed by atoms with van der Waals surface area (Å²) in [6.07, 6.45) is 1.17. The number of methoxy groups -OCH3 is 1. The Balaban J connectivity index is 2.93. The fourth-order valence-corrected chi connectivity index (χ4v) is 1.88. The lowest BCUT2D eigenvalue weighted by atomic mass is 10.1. The average Bonchev–Trinajstić information content (AvgIpc) is 2.34. The molecule has 6 nitrogen and oxygen atoms in total. The van der Waals surface area contributed by atoms with E-state index in [1.807, 2.05) is 13.8 Å². The van der Waals surface area contributed by atoms with Crippen LogP contribution in [0, 0.1) is 0 Å². The van der Waals surface area contributed by atoms with Crippen LogP contribution in [0.4, 0.5) is 0 Å². The Hall–Kier alpha value is -1.56. The van der Waals surface area contributed by atoms with E-state index in [2.05, 4.69) is 4.74 Å². The van der Waals surface area contributed by atoms with Crippen molar-refractivity contribution in [2.24, 2.45) is 0 Å². The Labute approximate surface area is 113 Å². The summed E-state index contributed by atoms with van der Waals surface area (Å²) in [5.74, 6) is -1.10. The molecule has 0 bridgehead atoms. The summed E-state index contributed by atoms with van der Waals surface area (Å²) < 4.78 is 15.1. The highest BCUT2D eigenvalue weighted by Crippen LogP contribution is 2.20. The van der Waals surface area contributed by atoms with Gasteiger partial charge in [0.05, 0.1) is 32.0 Å². The lowest BCUT2D eigenvalue weighted by molar-refractivity contribution is -0.144. The minimum atomic E-state index is -0.577. The molecule has 0 aromatic rings. The summed E-state index contributed by atoms with van der Waals surface area (Å²) in [5.41, 5.74) is -0.162. The number of carbonyl (C=O) groups excluding carboxylic acids is 2. The van der Waals surface area contributed by atoms with Crippen LogP contribution in [-0.2, 0) is 23.8 Å². The van der Waals surface area contributed by atoms with E-state index in [1.165, 1.54) is 13.2 Å². The monoisotopic (exact) mass is 271 g/mol. The highest BCUT2D eigenvalue weighted by Gasteiger charge is 2.31. The second kappa shape index (κ2) is 6.56. The second-order valence-electron chi connectivity index (χ2n) is 4.80. The van der Waals surface area contributed by atoms with E-state index in [0.717, 1.165) is 0 Å². The van der Waals surface area contributed by atoms with Crippen molar-refractivity contribution in [3.05, 3.63) is 11.8 Å². The molecule has 1 aliphatic heterocycles. The summed E-state index contributed by atoms with van der Waals surface area (Å²) in [5, 5.41) is 0. The summed E-state index contributed by atoms with van der Waals surface area (Å²) in [7, 11) is 1.27. The molecule has 0 N–H and O–H groups in total. The van der Waals surface area contributed by atoms with Gasteiger partial charge in [-0.05, 0) is 20.8 Å². The predicted octanol–water partition coefficient (Wildman–Crippen LogP) is 0.717. The molecule has 0 radical (unpaired) electrons. The molecule has 0 amide bonds. The number of esters is 2. The Morgan fingerprint density at radius 1 is 1.42 bits per heavy atom. The van der Waals surface area contributed by atoms with Gasteiger partial charge in [-0.1, -0.05) is 0 Å². The van der Waals surface area contributed by atoms with Gasteiger partial charge in [0, 0.05) is 13.1 Å². The van der Waals surface area contributed by atoms with E-state index < -0.39 is 11.9 Å². The lowest BCUT2D eigenvalue weighted by Gasteiger charge is -2.39. The smallest absolute Gasteiger partial charge is 0.354 e. The van der Waals surface area contributed by atoms with Gasteiger partial charge in [-0.3, -0.25) is 0 Å². The number of rotatable bonds is 4. The van der Waals surface area contributed by atoms with Crippen molar-refractivity contribution < 1.29 is 23.8 Å². The molecule has 108 valence electrons. The van der Waals surface area contributed by atoms with Gasteiger partial charge in [0.1, 0.15) is 5.70 Å². The summed E-state index contributed by atoms with van der Waals surface area (Å²) in [4.78, 5) is 25.1. The number of ether oxygens (including phenoxy) is 3. The second-order valence-corrected chi connectivity index (χ2v) is 4.80. The van der Waals surface area contributed by atoms with E-state index >= 15 is 0 Å². The van der Waals surface area contributed by atoms with Crippen LogP contribution in [0.5, 0.6) is 0 Å². The van der Waals surface area contributed by atoms with E-state index in [-0.39, 0.29) is 17.9 Å². The number of morpholine rings is 1. The summed E-state index contributed by atoms with van der Waals surface area (Å²) >= 11 is 0. The third kappa shape index (κ3) is 4.55. The molecule has 0 saturated carbocycles. The van der Waals surface area contributed by atoms with Gasteiger partial charge in [0.2, 0.25) is 0 Å². The topological polar surface area (TPSA) is 65.1 Å². The number of hydrogen-bond acceptors (Lipinski definition) is 6. The standard InChI is InChI=1S/C13H21NO5/c1-5-18-12(16)10(8-11(15)17-4)14-6-7-19-13(2,3)9-14/h8H,5-7,9H2,1-4H3/b10-8-. The average molecular weight is 271 g/mol. The van der Waals surface area contributed by atoms with Gasteiger partial charge < -0.3 is 19.1 Å². The van der Waals surface area contributed by atoms with E-state index in [0.29, 0.717) is 19.7 Å². The van der Waals surface area contributed by atoms with Crippen molar-refractivity contribution in [1.29, 1.82) is 0 Å². The third-order valence-corrected chi connectivity index (χ3v) is 2.71. The molecule has 1 fully saturated rings. The Morgan fingerprint density at radius 2 is 2.11 bits per heavy atom. The zero-order valence-electron chi connectivity index (χ0n) is 11.9. The largest absolute Gasteiger partial charge is 0.466 e. The van der Waals surface area contributed by atoms with Crippen LogP contribution < -0.4 is 0 Å². The van der Waals surface area contributed by atoms with Crippen LogP contribution in [0.3, 0.4) is 0 Å². The predicted molar refractivity (Wildman–Crippen MR) is 68.3 cm³/mol. The Morgan fingerprint density at radius 3 is 2.63 bits per heavy atom. The third-order valence-electron chi connectivity index (χ3n) is 2.71. The molecular formula is C13H21NO5. The zero-order valence-corrected chi connectivity index (χ0v) is 11.9. The first-order chi connectivity index (χ1) is 8.89. The number of hydrogen-bond donors (Lipinski definition) is 0. The van der Waals surface area contributed by atoms with Crippen molar-refractivity contribution in [2.75, 3.05) is 33.4 Å². The van der Waals surface area contributed by atoms with E-state index in [9.17, 15) is 9.59 Å². The normalized spacial score (nSPS) is 18.9. The maximum absolute atomic E-state index is 11.9. The summed E-state index contributed by atoms with van der Waals surface area (Å²) in [6, 6.07) is 0. The van der Waals surface area contributed by atoms with E-state index in [1.54, 1.807) is 11.8 Å². The number of nitrogens with zero attached hydrogens (tertiary/aromatic N) is 1. The highest BCUT2D eigenvalue weighted by molar-refractivity contribution is 5.95. The van der Waals surface area contributed by atoms with Crippen LogP contribution >= 0.6 is 0 Å². The maximum Gasteiger partial charge on any atom is 0.354 e. The van der Waals surface area contributed by atoms with Crippen LogP contribution in [0.2, 0.25) is 0 Å². The van der Waals surface area contributed by atoms with Gasteiger partial charge in [-0.15, -0.1) is 0 Å². The minimum Gasteiger partial charge on any atom is -0.466 e. The first kappa shape index (κ1) is 15.5. The maximum atomic E-state index is 11.9. The molecule has 1 saturated heterocycles. The van der Waals surface area contributed by atoms with Crippen molar-refractivity contribution in [1.82, 2.24) is 4.90 Å². The first-order valence-corrected chi connectivity index (χ1v) is 6.25. The van der Waals surface area contributed by atoms with Gasteiger partial charge in [-0.2, -0.15) is 0 Å². The van der Waals surface area contributed by atoms with Crippen LogP contribution in [0.15, 0.2) is 11.8 Å². The van der Waals surface area contributed by atoms with Gasteiger partial charge in [0.15, 0.2) is 0 Å². The molecule has 0 aromatic heterocycles. The molecular weight excluding hydrogens is 250 g/mol. The molecule has 1 rings (SSSR count). The molecule has 0 spiro atoms. The van der Waals surface area contributed by atoms with Crippen molar-refractivity contribution in [2.45, 2.75) is 26.4 Å². The highest BCUT2D eigenvalue weighted by atomic mass is 16.5. The van der Waals surface area contributed by atoms with Gasteiger partial charge in [-0.25, -0.2) is 9.59 Å². The Kier molecular flexibility index (Phi) is 5.35. The van der Waals surface area contributed by atoms with Crippen molar-refractivity contribution in [3.8, 4) is 0 Å². The molecule has 0 aromatic carbocycles. The molecule has 6 heteroatoms. The van der Waals surface area contributed by atoms with Crippen LogP contribution in [0.25, 0.3) is 0 Å². The molecule has 1 aliphatic rings. The van der Waals surface area contributed by atoms with Crippen LogP contribution in [-0.4, -0.2) is 55.9 Å². The minimum absolute atomic E-state index is 0.213. The number of carbonyl (C=O) groups is 2. The molecule has 1 heterocycles. The Bertz CT molecular complexity index is 375. The van der Waals surface area contributed by atoms with Gasteiger partial charge >= 0.3 is 11.9 Å². The van der Waals surface area contributed by atoms with Crippen molar-refractivity contribution >= 4 is 11.9 Å². The molecule has 0 unspecified atom stereocenters. The fraction of sp³-hybridized carbons (Fsp3) is 0.692. The summed E-state index contributed by atoms with van der Waals surface area (Å²) in [6.45, 7) is 7.37. The first-order valence-electron chi connectivity index (χ1n) is 6.25. The molecule has 19 heavy (non-hydrogen) atoms. The van der Waals surface area contributed by atoms with Gasteiger partial charge in [0.25, 0.3) is 0 Å². The quantitative estimate of drug-likeness (QED) is 0.554. The SMILES string of the molecule is CCOC(=O)/C(=C/C(=O)OC)N1CCOC(C)(C)C1. The fourth-order valence-electron chi connectivity index (χ4n) is 1.88. The van der Waals surface area contributed by atoms with Crippen molar-refractivity contribution in [3.63, 3.8) is 0 Å². The molecule has 0 aliphatic carbocycles. The lowest BCUT2D eigenvalue weighted by Crippen LogP contribution is -2.49. The van der Waals surface area contributed by atoms with E-state index in [4.69, 9.17) is 9.47 Å². The molecule has 0 atom stereocenters.